The van der Waals surface area contributed by atoms with Gasteiger partial charge in [-0.2, -0.15) is 0 Å². The predicted octanol–water partition coefficient (Wildman–Crippen LogP) is 0.880. The first kappa shape index (κ1) is 14.2. The molecule has 98 valence electrons. The molecule has 1 unspecified atom stereocenters. The molecule has 4 heteroatoms. The molecule has 1 rings (SSSR count). The molecule has 1 heterocycles. The standard InChI is InChI=1S/C13H25N3O/c1-10(2)4-7-16-8-5-12(6-9-16)15-11(3)13(14)17/h4,11-12,15H,5-9H2,1-3H3,(H2,14,17). The zero-order valence-electron chi connectivity index (χ0n) is 11.2. The second kappa shape index (κ2) is 6.77. The number of nitrogens with zero attached hydrogens (tertiary/aromatic N) is 1. The van der Waals surface area contributed by atoms with Crippen LogP contribution in [0.5, 0.6) is 0 Å². The molecule has 0 spiro atoms. The fraction of sp³-hybridized carbons (Fsp3) is 0.769. The monoisotopic (exact) mass is 239 g/mol. The smallest absolute Gasteiger partial charge is 0.234 e. The zero-order chi connectivity index (χ0) is 12.8. The Morgan fingerprint density at radius 1 is 1.47 bits per heavy atom. The molecule has 0 aromatic heterocycles. The molecule has 0 bridgehead atoms. The highest BCUT2D eigenvalue weighted by molar-refractivity contribution is 5.79. The van der Waals surface area contributed by atoms with E-state index in [9.17, 15) is 4.79 Å². The zero-order valence-corrected chi connectivity index (χ0v) is 11.2. The lowest BCUT2D eigenvalue weighted by atomic mass is 10.0. The van der Waals surface area contributed by atoms with Crippen molar-refractivity contribution in [1.29, 1.82) is 0 Å². The minimum Gasteiger partial charge on any atom is -0.368 e. The first-order valence-electron chi connectivity index (χ1n) is 6.40. The van der Waals surface area contributed by atoms with Crippen molar-refractivity contribution in [3.63, 3.8) is 0 Å². The van der Waals surface area contributed by atoms with Gasteiger partial charge in [-0.25, -0.2) is 0 Å². The molecule has 1 amide bonds. The molecule has 0 aromatic rings. The highest BCUT2D eigenvalue weighted by Crippen LogP contribution is 2.11. The molecule has 0 saturated carbocycles. The van der Waals surface area contributed by atoms with Gasteiger partial charge in [-0.15, -0.1) is 0 Å². The summed E-state index contributed by atoms with van der Waals surface area (Å²) in [5.41, 5.74) is 6.61. The fourth-order valence-electron chi connectivity index (χ4n) is 2.03. The Kier molecular flexibility index (Phi) is 5.65. The Bertz CT molecular complexity index is 276. The van der Waals surface area contributed by atoms with Gasteiger partial charge in [-0.1, -0.05) is 11.6 Å². The van der Waals surface area contributed by atoms with Gasteiger partial charge in [0.25, 0.3) is 0 Å². The number of primary amides is 1. The molecular weight excluding hydrogens is 214 g/mol. The van der Waals surface area contributed by atoms with Crippen molar-refractivity contribution in [2.24, 2.45) is 5.73 Å². The molecule has 3 N–H and O–H groups in total. The van der Waals surface area contributed by atoms with E-state index in [2.05, 4.69) is 30.1 Å². The van der Waals surface area contributed by atoms with Crippen LogP contribution in [0.15, 0.2) is 11.6 Å². The summed E-state index contributed by atoms with van der Waals surface area (Å²) in [6.07, 6.45) is 4.45. The number of hydrogen-bond donors (Lipinski definition) is 2. The van der Waals surface area contributed by atoms with Crippen LogP contribution in [0.25, 0.3) is 0 Å². The number of rotatable bonds is 5. The minimum atomic E-state index is -0.267. The number of likely N-dealkylation sites (tertiary alicyclic amines) is 1. The summed E-state index contributed by atoms with van der Waals surface area (Å²) in [4.78, 5) is 13.4. The number of hydrogen-bond acceptors (Lipinski definition) is 3. The van der Waals surface area contributed by atoms with Gasteiger partial charge in [-0.05, 0) is 46.7 Å². The molecule has 0 radical (unpaired) electrons. The third-order valence-corrected chi connectivity index (χ3v) is 3.26. The molecule has 0 aromatic carbocycles. The van der Waals surface area contributed by atoms with Gasteiger partial charge in [0.05, 0.1) is 6.04 Å². The highest BCUT2D eigenvalue weighted by Gasteiger charge is 2.21. The molecule has 1 aliphatic heterocycles. The van der Waals surface area contributed by atoms with Crippen LogP contribution in [-0.2, 0) is 4.79 Å². The fourth-order valence-corrected chi connectivity index (χ4v) is 2.03. The number of piperidine rings is 1. The van der Waals surface area contributed by atoms with E-state index in [-0.39, 0.29) is 11.9 Å². The maximum absolute atomic E-state index is 11.0. The molecule has 1 saturated heterocycles. The summed E-state index contributed by atoms with van der Waals surface area (Å²) in [5, 5.41) is 3.29. The largest absolute Gasteiger partial charge is 0.368 e. The highest BCUT2D eigenvalue weighted by atomic mass is 16.1. The van der Waals surface area contributed by atoms with Crippen LogP contribution in [0.4, 0.5) is 0 Å². The van der Waals surface area contributed by atoms with Gasteiger partial charge in [-0.3, -0.25) is 9.69 Å². The Balaban J connectivity index is 2.26. The minimum absolute atomic E-state index is 0.218. The molecular formula is C13H25N3O. The van der Waals surface area contributed by atoms with E-state index in [4.69, 9.17) is 5.73 Å². The number of carbonyl (C=O) groups is 1. The van der Waals surface area contributed by atoms with Gasteiger partial charge >= 0.3 is 0 Å². The van der Waals surface area contributed by atoms with Crippen molar-refractivity contribution in [2.75, 3.05) is 19.6 Å². The average molecular weight is 239 g/mol. The van der Waals surface area contributed by atoms with Gasteiger partial charge in [0, 0.05) is 12.6 Å². The Morgan fingerprint density at radius 3 is 2.53 bits per heavy atom. The normalized spacial score (nSPS) is 19.9. The number of allylic oxidation sites excluding steroid dienone is 1. The van der Waals surface area contributed by atoms with Crippen molar-refractivity contribution < 1.29 is 4.79 Å². The van der Waals surface area contributed by atoms with Crippen LogP contribution in [0.1, 0.15) is 33.6 Å². The van der Waals surface area contributed by atoms with E-state index in [0.717, 1.165) is 32.5 Å². The Morgan fingerprint density at radius 2 is 2.06 bits per heavy atom. The van der Waals surface area contributed by atoms with Crippen molar-refractivity contribution in [1.82, 2.24) is 10.2 Å². The third-order valence-electron chi connectivity index (χ3n) is 3.26. The molecule has 1 fully saturated rings. The summed E-state index contributed by atoms with van der Waals surface area (Å²) < 4.78 is 0. The first-order chi connectivity index (χ1) is 7.99. The average Bonchev–Trinajstić information content (AvgIpc) is 2.28. The van der Waals surface area contributed by atoms with Crippen LogP contribution >= 0.6 is 0 Å². The topological polar surface area (TPSA) is 58.4 Å². The second-order valence-electron chi connectivity index (χ2n) is 5.15. The van der Waals surface area contributed by atoms with Crippen LogP contribution < -0.4 is 11.1 Å². The summed E-state index contributed by atoms with van der Waals surface area (Å²) >= 11 is 0. The van der Waals surface area contributed by atoms with Crippen LogP contribution in [0, 0.1) is 0 Å². The van der Waals surface area contributed by atoms with Gasteiger partial charge < -0.3 is 11.1 Å². The van der Waals surface area contributed by atoms with Crippen LogP contribution in [0.2, 0.25) is 0 Å². The van der Waals surface area contributed by atoms with Crippen LogP contribution in [-0.4, -0.2) is 42.5 Å². The Hall–Kier alpha value is -0.870. The van der Waals surface area contributed by atoms with Crippen molar-refractivity contribution in [3.8, 4) is 0 Å². The lowest BCUT2D eigenvalue weighted by Gasteiger charge is -2.32. The maximum atomic E-state index is 11.0. The summed E-state index contributed by atoms with van der Waals surface area (Å²) in [7, 11) is 0. The number of nitrogens with two attached hydrogens (primary N) is 1. The number of amides is 1. The van der Waals surface area contributed by atoms with Crippen molar-refractivity contribution >= 4 is 5.91 Å². The maximum Gasteiger partial charge on any atom is 0.234 e. The van der Waals surface area contributed by atoms with Crippen LogP contribution in [0.3, 0.4) is 0 Å². The third kappa shape index (κ3) is 5.33. The van der Waals surface area contributed by atoms with E-state index in [1.165, 1.54) is 5.57 Å². The first-order valence-corrected chi connectivity index (χ1v) is 6.40. The molecule has 1 atom stereocenters. The van der Waals surface area contributed by atoms with E-state index >= 15 is 0 Å². The van der Waals surface area contributed by atoms with E-state index in [1.54, 1.807) is 0 Å². The Labute approximate surface area is 104 Å². The number of carbonyl (C=O) groups excluding carboxylic acids is 1. The summed E-state index contributed by atoms with van der Waals surface area (Å²) in [6.45, 7) is 9.31. The molecule has 17 heavy (non-hydrogen) atoms. The molecule has 0 aliphatic carbocycles. The van der Waals surface area contributed by atoms with Crippen molar-refractivity contribution in [3.05, 3.63) is 11.6 Å². The summed E-state index contributed by atoms with van der Waals surface area (Å²) in [6, 6.07) is 0.213. The molecule has 4 nitrogen and oxygen atoms in total. The van der Waals surface area contributed by atoms with E-state index in [1.807, 2.05) is 6.92 Å². The summed E-state index contributed by atoms with van der Waals surface area (Å²) in [5.74, 6) is -0.267. The molecule has 1 aliphatic rings. The number of nitrogens with one attached hydrogen (secondary N) is 1. The van der Waals surface area contributed by atoms with Gasteiger partial charge in [0.1, 0.15) is 0 Å². The lowest BCUT2D eigenvalue weighted by molar-refractivity contribution is -0.119. The lowest BCUT2D eigenvalue weighted by Crippen LogP contribution is -2.49. The van der Waals surface area contributed by atoms with E-state index in [0.29, 0.717) is 6.04 Å². The van der Waals surface area contributed by atoms with Gasteiger partial charge in [0.15, 0.2) is 0 Å². The quantitative estimate of drug-likeness (QED) is 0.700. The predicted molar refractivity (Wildman–Crippen MR) is 70.7 cm³/mol. The van der Waals surface area contributed by atoms with E-state index < -0.39 is 0 Å². The SMILES string of the molecule is CC(C)=CCN1CCC(NC(C)C(N)=O)CC1. The second-order valence-corrected chi connectivity index (χ2v) is 5.15. The van der Waals surface area contributed by atoms with Gasteiger partial charge in [0.2, 0.25) is 5.91 Å². The van der Waals surface area contributed by atoms with Crippen molar-refractivity contribution in [2.45, 2.75) is 45.7 Å².